The summed E-state index contributed by atoms with van der Waals surface area (Å²) in [7, 11) is 1.62. The van der Waals surface area contributed by atoms with Crippen LogP contribution in [0.1, 0.15) is 24.8 Å². The van der Waals surface area contributed by atoms with Gasteiger partial charge < -0.3 is 9.64 Å². The van der Waals surface area contributed by atoms with Crippen molar-refractivity contribution in [2.24, 2.45) is 0 Å². The first-order valence-electron chi connectivity index (χ1n) is 6.11. The largest absolute Gasteiger partial charge is 0.497 e. The molecule has 1 aliphatic heterocycles. The summed E-state index contributed by atoms with van der Waals surface area (Å²) in [6, 6.07) is 7.64. The van der Waals surface area contributed by atoms with Crippen molar-refractivity contribution < 1.29 is 14.3 Å². The number of likely N-dealkylation sites (tertiary alicyclic amines) is 1. The van der Waals surface area contributed by atoms with Crippen LogP contribution in [0.5, 0.6) is 5.75 Å². The molecular weight excluding hydrogens is 230 g/mol. The first kappa shape index (κ1) is 12.6. The van der Waals surface area contributed by atoms with Gasteiger partial charge in [0.2, 0.25) is 5.91 Å². The first-order valence-corrected chi connectivity index (χ1v) is 6.11. The van der Waals surface area contributed by atoms with Gasteiger partial charge in [-0.1, -0.05) is 12.1 Å². The topological polar surface area (TPSA) is 46.6 Å². The number of rotatable bonds is 3. The van der Waals surface area contributed by atoms with Gasteiger partial charge in [-0.2, -0.15) is 0 Å². The summed E-state index contributed by atoms with van der Waals surface area (Å²) in [6.45, 7) is 1.23. The Morgan fingerprint density at radius 3 is 2.61 bits per heavy atom. The lowest BCUT2D eigenvalue weighted by Crippen LogP contribution is -2.30. The quantitative estimate of drug-likeness (QED) is 0.765. The number of methoxy groups -OCH3 is 1. The molecule has 1 aromatic rings. The van der Waals surface area contributed by atoms with Crippen LogP contribution in [0.3, 0.4) is 0 Å². The van der Waals surface area contributed by atoms with Crippen molar-refractivity contribution in [2.75, 3.05) is 13.7 Å². The highest BCUT2D eigenvalue weighted by Gasteiger charge is 2.21. The van der Waals surface area contributed by atoms with Crippen LogP contribution in [0.2, 0.25) is 0 Å². The molecule has 1 amide bonds. The van der Waals surface area contributed by atoms with Crippen LogP contribution >= 0.6 is 0 Å². The van der Waals surface area contributed by atoms with E-state index in [1.807, 2.05) is 24.3 Å². The molecule has 2 rings (SSSR count). The third-order valence-corrected chi connectivity index (χ3v) is 3.12. The summed E-state index contributed by atoms with van der Waals surface area (Å²) < 4.78 is 5.09. The molecule has 1 aromatic carbocycles. The molecule has 1 heterocycles. The van der Waals surface area contributed by atoms with Crippen LogP contribution < -0.4 is 4.74 Å². The average molecular weight is 247 g/mol. The van der Waals surface area contributed by atoms with E-state index in [1.165, 1.54) is 0 Å². The van der Waals surface area contributed by atoms with Crippen LogP contribution in [-0.2, 0) is 16.1 Å². The van der Waals surface area contributed by atoms with E-state index in [1.54, 1.807) is 12.0 Å². The van der Waals surface area contributed by atoms with Gasteiger partial charge in [0.15, 0.2) is 0 Å². The average Bonchev–Trinajstić information content (AvgIpc) is 2.52. The van der Waals surface area contributed by atoms with E-state index in [0.717, 1.165) is 17.7 Å². The molecule has 0 bridgehead atoms. The second kappa shape index (κ2) is 5.67. The molecule has 1 saturated heterocycles. The second-order valence-corrected chi connectivity index (χ2v) is 4.48. The Balaban J connectivity index is 2.02. The number of hydrogen-bond donors (Lipinski definition) is 0. The number of benzene rings is 1. The summed E-state index contributed by atoms with van der Waals surface area (Å²) in [4.78, 5) is 24.9. The van der Waals surface area contributed by atoms with Crippen molar-refractivity contribution in [1.82, 2.24) is 4.90 Å². The van der Waals surface area contributed by atoms with Crippen LogP contribution in [0.4, 0.5) is 0 Å². The van der Waals surface area contributed by atoms with E-state index in [4.69, 9.17) is 4.74 Å². The number of hydrogen-bond acceptors (Lipinski definition) is 3. The van der Waals surface area contributed by atoms with Crippen LogP contribution in [-0.4, -0.2) is 30.2 Å². The van der Waals surface area contributed by atoms with E-state index in [9.17, 15) is 9.59 Å². The fourth-order valence-corrected chi connectivity index (χ4v) is 2.08. The lowest BCUT2D eigenvalue weighted by atomic mass is 10.2. The lowest BCUT2D eigenvalue weighted by molar-refractivity contribution is -0.134. The molecule has 1 aliphatic rings. The van der Waals surface area contributed by atoms with Crippen molar-refractivity contribution >= 4 is 11.7 Å². The molecule has 0 unspecified atom stereocenters. The first-order chi connectivity index (χ1) is 8.69. The Morgan fingerprint density at radius 1 is 1.22 bits per heavy atom. The van der Waals surface area contributed by atoms with Crippen LogP contribution in [0, 0.1) is 0 Å². The van der Waals surface area contributed by atoms with Crippen LogP contribution in [0.25, 0.3) is 0 Å². The van der Waals surface area contributed by atoms with Crippen LogP contribution in [0.15, 0.2) is 24.3 Å². The summed E-state index contributed by atoms with van der Waals surface area (Å²) >= 11 is 0. The van der Waals surface area contributed by atoms with Crippen molar-refractivity contribution in [3.8, 4) is 5.75 Å². The van der Waals surface area contributed by atoms with Gasteiger partial charge in [0.1, 0.15) is 11.5 Å². The zero-order valence-corrected chi connectivity index (χ0v) is 10.5. The normalized spacial score (nSPS) is 16.6. The number of carbonyl (C=O) groups excluding carboxylic acids is 2. The van der Waals surface area contributed by atoms with Crippen molar-refractivity contribution in [1.29, 1.82) is 0 Å². The molecule has 0 spiro atoms. The number of carbonyl (C=O) groups is 2. The highest BCUT2D eigenvalue weighted by atomic mass is 16.5. The van der Waals surface area contributed by atoms with Crippen molar-refractivity contribution in [3.05, 3.63) is 29.8 Å². The van der Waals surface area contributed by atoms with Gasteiger partial charge in [-0.25, -0.2) is 0 Å². The van der Waals surface area contributed by atoms with E-state index in [-0.39, 0.29) is 18.1 Å². The molecule has 18 heavy (non-hydrogen) atoms. The Morgan fingerprint density at radius 2 is 1.94 bits per heavy atom. The molecule has 4 nitrogen and oxygen atoms in total. The molecule has 1 fully saturated rings. The molecule has 0 aromatic heterocycles. The van der Waals surface area contributed by atoms with Gasteiger partial charge in [-0.15, -0.1) is 0 Å². The maximum Gasteiger partial charge on any atom is 0.230 e. The van der Waals surface area contributed by atoms with Gasteiger partial charge in [-0.3, -0.25) is 9.59 Å². The van der Waals surface area contributed by atoms with E-state index >= 15 is 0 Å². The molecule has 0 radical (unpaired) electrons. The monoisotopic (exact) mass is 247 g/mol. The highest BCUT2D eigenvalue weighted by molar-refractivity contribution is 5.98. The third-order valence-electron chi connectivity index (χ3n) is 3.12. The minimum Gasteiger partial charge on any atom is -0.497 e. The SMILES string of the molecule is COc1ccc(CN2CCCC(=O)CC2=O)cc1. The molecule has 0 N–H and O–H groups in total. The van der Waals surface area contributed by atoms with E-state index in [2.05, 4.69) is 0 Å². The molecule has 4 heteroatoms. The van der Waals surface area contributed by atoms with Gasteiger partial charge in [0, 0.05) is 19.5 Å². The van der Waals surface area contributed by atoms with Crippen molar-refractivity contribution in [3.63, 3.8) is 0 Å². The van der Waals surface area contributed by atoms with E-state index in [0.29, 0.717) is 19.5 Å². The summed E-state index contributed by atoms with van der Waals surface area (Å²) in [6.07, 6.45) is 1.34. The summed E-state index contributed by atoms with van der Waals surface area (Å²) in [5.41, 5.74) is 1.05. The maximum atomic E-state index is 11.8. The third kappa shape index (κ3) is 3.09. The van der Waals surface area contributed by atoms with Gasteiger partial charge in [-0.05, 0) is 24.1 Å². The Hall–Kier alpha value is -1.84. The fraction of sp³-hybridized carbons (Fsp3) is 0.429. The predicted molar refractivity (Wildman–Crippen MR) is 67.3 cm³/mol. The van der Waals surface area contributed by atoms with E-state index < -0.39 is 0 Å². The minimum absolute atomic E-state index is 0.0517. The maximum absolute atomic E-state index is 11.8. The number of nitrogens with zero attached hydrogens (tertiary/aromatic N) is 1. The molecule has 0 aliphatic carbocycles. The van der Waals surface area contributed by atoms with Gasteiger partial charge in [0.05, 0.1) is 13.5 Å². The van der Waals surface area contributed by atoms with Gasteiger partial charge in [0.25, 0.3) is 0 Å². The Kier molecular flexibility index (Phi) is 3.97. The lowest BCUT2D eigenvalue weighted by Gasteiger charge is -2.20. The zero-order chi connectivity index (χ0) is 13.0. The highest BCUT2D eigenvalue weighted by Crippen LogP contribution is 2.15. The minimum atomic E-state index is -0.0617. The Labute approximate surface area is 107 Å². The van der Waals surface area contributed by atoms with Gasteiger partial charge >= 0.3 is 0 Å². The smallest absolute Gasteiger partial charge is 0.230 e. The number of ether oxygens (including phenoxy) is 1. The Bertz CT molecular complexity index is 439. The second-order valence-electron chi connectivity index (χ2n) is 4.48. The number of ketones is 1. The summed E-state index contributed by atoms with van der Waals surface area (Å²) in [5, 5.41) is 0. The number of amides is 1. The fourth-order valence-electron chi connectivity index (χ4n) is 2.08. The molecule has 0 atom stereocenters. The summed E-state index contributed by atoms with van der Waals surface area (Å²) in [5.74, 6) is 0.793. The predicted octanol–water partition coefficient (Wildman–Crippen LogP) is 1.78. The van der Waals surface area contributed by atoms with Crippen molar-refractivity contribution in [2.45, 2.75) is 25.8 Å². The molecular formula is C14H17NO3. The zero-order valence-electron chi connectivity index (χ0n) is 10.5. The molecule has 0 saturated carbocycles. The number of Topliss-reactive ketones (excluding diaryl/α,β-unsaturated/α-hetero) is 1. The molecule has 96 valence electrons. The standard InChI is InChI=1S/C14H17NO3/c1-18-13-6-4-11(5-7-13)10-15-8-2-3-12(16)9-14(15)17/h4-7H,2-3,8-10H2,1H3.